The van der Waals surface area contributed by atoms with Crippen LogP contribution in [0, 0.1) is 13.8 Å². The van der Waals surface area contributed by atoms with Crippen LogP contribution in [0.3, 0.4) is 0 Å². The summed E-state index contributed by atoms with van der Waals surface area (Å²) in [7, 11) is 0. The van der Waals surface area contributed by atoms with Crippen LogP contribution in [0.25, 0.3) is 0 Å². The number of guanidine groups is 1. The number of anilines is 1. The number of hydrogen-bond acceptors (Lipinski definition) is 2. The first kappa shape index (κ1) is 16.1. The molecule has 5 heteroatoms. The zero-order valence-electron chi connectivity index (χ0n) is 13.8. The molecule has 0 unspecified atom stereocenters. The molecule has 1 aromatic heterocycles. The van der Waals surface area contributed by atoms with E-state index in [9.17, 15) is 0 Å². The number of benzene rings is 1. The summed E-state index contributed by atoms with van der Waals surface area (Å²) in [6, 6.07) is 6.34. The summed E-state index contributed by atoms with van der Waals surface area (Å²) in [6.07, 6.45) is 1.92. The van der Waals surface area contributed by atoms with Crippen LogP contribution in [0.15, 0.2) is 23.2 Å². The number of aromatic amines is 1. The summed E-state index contributed by atoms with van der Waals surface area (Å²) >= 11 is 0. The average molecular weight is 299 g/mol. The van der Waals surface area contributed by atoms with Crippen molar-refractivity contribution in [2.24, 2.45) is 10.7 Å². The average Bonchev–Trinajstić information content (AvgIpc) is 2.84. The summed E-state index contributed by atoms with van der Waals surface area (Å²) in [6.45, 7) is 8.79. The Morgan fingerprint density at radius 3 is 2.36 bits per heavy atom. The molecule has 0 amide bonds. The molecule has 0 fully saturated rings. The van der Waals surface area contributed by atoms with Crippen LogP contribution in [-0.2, 0) is 19.4 Å². The topological polar surface area (TPSA) is 79.1 Å². The molecule has 2 aromatic rings. The van der Waals surface area contributed by atoms with Crippen LogP contribution in [0.4, 0.5) is 5.69 Å². The fraction of sp³-hybridized carbons (Fsp3) is 0.412. The van der Waals surface area contributed by atoms with Crippen LogP contribution in [0.5, 0.6) is 0 Å². The van der Waals surface area contributed by atoms with Crippen molar-refractivity contribution in [2.75, 3.05) is 5.32 Å². The molecule has 0 atom stereocenters. The van der Waals surface area contributed by atoms with Gasteiger partial charge in [0.25, 0.3) is 0 Å². The monoisotopic (exact) mass is 299 g/mol. The lowest BCUT2D eigenvalue weighted by Gasteiger charge is -2.14. The Morgan fingerprint density at radius 1 is 1.23 bits per heavy atom. The van der Waals surface area contributed by atoms with E-state index in [4.69, 9.17) is 5.73 Å². The summed E-state index contributed by atoms with van der Waals surface area (Å²) in [5.41, 5.74) is 12.8. The fourth-order valence-electron chi connectivity index (χ4n) is 2.54. The van der Waals surface area contributed by atoms with Gasteiger partial charge in [-0.3, -0.25) is 5.10 Å². The minimum absolute atomic E-state index is 0.440. The maximum absolute atomic E-state index is 6.08. The van der Waals surface area contributed by atoms with Gasteiger partial charge >= 0.3 is 0 Å². The summed E-state index contributed by atoms with van der Waals surface area (Å²) in [4.78, 5) is 4.46. The van der Waals surface area contributed by atoms with Gasteiger partial charge in [-0.1, -0.05) is 32.0 Å². The molecule has 5 nitrogen and oxygen atoms in total. The summed E-state index contributed by atoms with van der Waals surface area (Å²) in [5.74, 6) is 0.440. The van der Waals surface area contributed by atoms with Gasteiger partial charge in [0.15, 0.2) is 5.96 Å². The molecular weight excluding hydrogens is 274 g/mol. The third-order valence-electron chi connectivity index (χ3n) is 3.94. The SMILES string of the molecule is CCc1cccc(CC)c1NC(N)=NCc1c(C)n[nH]c1C. The smallest absolute Gasteiger partial charge is 0.193 e. The van der Waals surface area contributed by atoms with E-state index in [1.165, 1.54) is 11.1 Å². The van der Waals surface area contributed by atoms with E-state index < -0.39 is 0 Å². The van der Waals surface area contributed by atoms with Crippen molar-refractivity contribution in [2.45, 2.75) is 47.1 Å². The third kappa shape index (κ3) is 3.47. The minimum Gasteiger partial charge on any atom is -0.370 e. The number of rotatable bonds is 5. The third-order valence-corrected chi connectivity index (χ3v) is 3.94. The van der Waals surface area contributed by atoms with E-state index in [2.05, 4.69) is 52.6 Å². The summed E-state index contributed by atoms with van der Waals surface area (Å²) in [5, 5.41) is 10.4. The second-order valence-corrected chi connectivity index (χ2v) is 5.40. The number of para-hydroxylation sites is 1. The van der Waals surface area contributed by atoms with Crippen molar-refractivity contribution in [3.05, 3.63) is 46.3 Å². The highest BCUT2D eigenvalue weighted by atomic mass is 15.1. The lowest BCUT2D eigenvalue weighted by atomic mass is 10.0. The molecule has 22 heavy (non-hydrogen) atoms. The van der Waals surface area contributed by atoms with Crippen LogP contribution in [0.1, 0.15) is 41.9 Å². The van der Waals surface area contributed by atoms with E-state index in [-0.39, 0.29) is 0 Å². The Kier molecular flexibility index (Phi) is 5.20. The number of H-pyrrole nitrogens is 1. The molecular formula is C17H25N5. The minimum atomic E-state index is 0.440. The molecule has 1 heterocycles. The fourth-order valence-corrected chi connectivity index (χ4v) is 2.54. The predicted octanol–water partition coefficient (Wildman–Crippen LogP) is 3.08. The number of aliphatic imine (C=N–C) groups is 1. The van der Waals surface area contributed by atoms with Gasteiger partial charge in [-0.25, -0.2) is 4.99 Å². The molecule has 2 rings (SSSR count). The maximum atomic E-state index is 6.08. The Balaban J connectivity index is 2.18. The molecule has 4 N–H and O–H groups in total. The first-order valence-corrected chi connectivity index (χ1v) is 7.74. The number of aromatic nitrogens is 2. The van der Waals surface area contributed by atoms with Gasteiger partial charge in [-0.15, -0.1) is 0 Å². The molecule has 118 valence electrons. The van der Waals surface area contributed by atoms with Gasteiger partial charge in [-0.2, -0.15) is 5.10 Å². The van der Waals surface area contributed by atoms with Crippen LogP contribution in [-0.4, -0.2) is 16.2 Å². The van der Waals surface area contributed by atoms with Crippen molar-refractivity contribution < 1.29 is 0 Å². The van der Waals surface area contributed by atoms with Crippen LogP contribution < -0.4 is 11.1 Å². The predicted molar refractivity (Wildman–Crippen MR) is 92.2 cm³/mol. The highest BCUT2D eigenvalue weighted by Gasteiger charge is 2.08. The van der Waals surface area contributed by atoms with Crippen molar-refractivity contribution in [1.29, 1.82) is 0 Å². The molecule has 0 spiro atoms. The van der Waals surface area contributed by atoms with Crippen molar-refractivity contribution in [1.82, 2.24) is 10.2 Å². The Bertz CT molecular complexity index is 628. The molecule has 1 aromatic carbocycles. The molecule has 0 aliphatic heterocycles. The number of nitrogens with two attached hydrogens (primary N) is 1. The quantitative estimate of drug-likeness (QED) is 0.586. The standard InChI is InChI=1S/C17H25N5/c1-5-13-8-7-9-14(6-2)16(13)20-17(18)19-10-15-11(3)21-22-12(15)4/h7-9H,5-6,10H2,1-4H3,(H,21,22)(H3,18,19,20). The largest absolute Gasteiger partial charge is 0.370 e. The second kappa shape index (κ2) is 7.11. The molecule has 0 saturated carbocycles. The summed E-state index contributed by atoms with van der Waals surface area (Å²) < 4.78 is 0. The Morgan fingerprint density at radius 2 is 1.86 bits per heavy atom. The van der Waals surface area contributed by atoms with E-state index in [0.29, 0.717) is 12.5 Å². The first-order chi connectivity index (χ1) is 10.6. The number of nitrogens with one attached hydrogen (secondary N) is 2. The Labute approximate surface area is 132 Å². The van der Waals surface area contributed by atoms with Gasteiger partial charge in [0.1, 0.15) is 0 Å². The highest BCUT2D eigenvalue weighted by Crippen LogP contribution is 2.22. The van der Waals surface area contributed by atoms with Gasteiger partial charge < -0.3 is 11.1 Å². The van der Waals surface area contributed by atoms with E-state index >= 15 is 0 Å². The first-order valence-electron chi connectivity index (χ1n) is 7.74. The number of hydrogen-bond donors (Lipinski definition) is 3. The number of nitrogens with zero attached hydrogens (tertiary/aromatic N) is 2. The highest BCUT2D eigenvalue weighted by molar-refractivity contribution is 5.93. The van der Waals surface area contributed by atoms with Crippen molar-refractivity contribution in [3.63, 3.8) is 0 Å². The van der Waals surface area contributed by atoms with Crippen molar-refractivity contribution in [3.8, 4) is 0 Å². The van der Waals surface area contributed by atoms with Gasteiger partial charge in [-0.05, 0) is 37.8 Å². The zero-order valence-corrected chi connectivity index (χ0v) is 13.8. The number of aryl methyl sites for hydroxylation is 4. The van der Waals surface area contributed by atoms with Gasteiger partial charge in [0.2, 0.25) is 0 Å². The lowest BCUT2D eigenvalue weighted by Crippen LogP contribution is -2.24. The van der Waals surface area contributed by atoms with E-state index in [1.54, 1.807) is 0 Å². The van der Waals surface area contributed by atoms with E-state index in [1.807, 2.05) is 13.8 Å². The van der Waals surface area contributed by atoms with E-state index in [0.717, 1.165) is 35.5 Å². The lowest BCUT2D eigenvalue weighted by molar-refractivity contribution is 1.02. The molecule has 0 aliphatic carbocycles. The maximum Gasteiger partial charge on any atom is 0.193 e. The normalized spacial score (nSPS) is 11.7. The Hall–Kier alpha value is -2.30. The van der Waals surface area contributed by atoms with Gasteiger partial charge in [0.05, 0.1) is 12.2 Å². The second-order valence-electron chi connectivity index (χ2n) is 5.40. The molecule has 0 bridgehead atoms. The van der Waals surface area contributed by atoms with Gasteiger partial charge in [0, 0.05) is 16.9 Å². The molecule has 0 saturated heterocycles. The zero-order chi connectivity index (χ0) is 16.1. The molecule has 0 aliphatic rings. The van der Waals surface area contributed by atoms with Crippen LogP contribution >= 0.6 is 0 Å². The van der Waals surface area contributed by atoms with Crippen LogP contribution in [0.2, 0.25) is 0 Å². The molecule has 0 radical (unpaired) electrons. The van der Waals surface area contributed by atoms with Crippen molar-refractivity contribution >= 4 is 11.6 Å².